The van der Waals surface area contributed by atoms with Crippen LogP contribution >= 0.6 is 0 Å². The molecule has 0 aliphatic rings. The van der Waals surface area contributed by atoms with Gasteiger partial charge in [-0.2, -0.15) is 13.2 Å². The predicted octanol–water partition coefficient (Wildman–Crippen LogP) is 1.04. The van der Waals surface area contributed by atoms with Crippen molar-refractivity contribution in [3.8, 4) is 0 Å². The number of primary amides is 1. The molecule has 0 fully saturated rings. The fraction of sp³-hybridized carbons (Fsp3) is 0.875. The quantitative estimate of drug-likeness (QED) is 0.734. The number of nitrogens with two attached hydrogens (primary N) is 1. The molecular formula is C8H15F3N2O. The standard InChI is InChI=1S/C8H15F3N2O/c1-7(2,3)5(6(12)14)13-4-8(9,10)11/h5,13H,4H2,1-3H3,(H2,12,14). The Hall–Kier alpha value is -0.780. The Bertz CT molecular complexity index is 208. The molecule has 0 rings (SSSR count). The van der Waals surface area contributed by atoms with Crippen molar-refractivity contribution in [2.75, 3.05) is 6.54 Å². The van der Waals surface area contributed by atoms with E-state index in [4.69, 9.17) is 5.73 Å². The van der Waals surface area contributed by atoms with Crippen LogP contribution < -0.4 is 11.1 Å². The van der Waals surface area contributed by atoms with Crippen LogP contribution in [-0.4, -0.2) is 24.7 Å². The van der Waals surface area contributed by atoms with E-state index in [-0.39, 0.29) is 0 Å². The molecule has 6 heteroatoms. The van der Waals surface area contributed by atoms with Crippen molar-refractivity contribution in [1.29, 1.82) is 0 Å². The van der Waals surface area contributed by atoms with E-state index in [1.807, 2.05) is 0 Å². The van der Waals surface area contributed by atoms with Crippen molar-refractivity contribution in [3.05, 3.63) is 0 Å². The molecule has 1 amide bonds. The van der Waals surface area contributed by atoms with Gasteiger partial charge in [0.15, 0.2) is 0 Å². The van der Waals surface area contributed by atoms with Gasteiger partial charge < -0.3 is 5.73 Å². The Labute approximate surface area is 80.8 Å². The number of alkyl halides is 3. The van der Waals surface area contributed by atoms with E-state index in [1.165, 1.54) is 0 Å². The molecule has 0 heterocycles. The third-order valence-electron chi connectivity index (χ3n) is 1.66. The van der Waals surface area contributed by atoms with Crippen molar-refractivity contribution in [1.82, 2.24) is 5.32 Å². The van der Waals surface area contributed by atoms with Gasteiger partial charge in [0.1, 0.15) is 0 Å². The molecule has 0 aliphatic heterocycles. The SMILES string of the molecule is CC(C)(C)C(NCC(F)(F)F)C(N)=O. The summed E-state index contributed by atoms with van der Waals surface area (Å²) in [7, 11) is 0. The average molecular weight is 212 g/mol. The van der Waals surface area contributed by atoms with E-state index in [0.29, 0.717) is 0 Å². The molecule has 0 spiro atoms. The number of rotatable bonds is 3. The molecule has 0 aliphatic carbocycles. The lowest BCUT2D eigenvalue weighted by molar-refractivity contribution is -0.133. The molecule has 0 bridgehead atoms. The summed E-state index contributed by atoms with van der Waals surface area (Å²) in [6.45, 7) is 3.72. The first-order valence-electron chi connectivity index (χ1n) is 4.13. The second-order valence-corrected chi connectivity index (χ2v) is 4.20. The van der Waals surface area contributed by atoms with E-state index < -0.39 is 30.1 Å². The molecular weight excluding hydrogens is 197 g/mol. The largest absolute Gasteiger partial charge is 0.401 e. The van der Waals surface area contributed by atoms with Crippen molar-refractivity contribution in [2.45, 2.75) is 33.0 Å². The van der Waals surface area contributed by atoms with E-state index in [1.54, 1.807) is 20.8 Å². The third kappa shape index (κ3) is 5.06. The normalized spacial score (nSPS) is 15.3. The number of hydrogen-bond donors (Lipinski definition) is 2. The van der Waals surface area contributed by atoms with Gasteiger partial charge in [-0.15, -0.1) is 0 Å². The first-order chi connectivity index (χ1) is 6.04. The summed E-state index contributed by atoms with van der Waals surface area (Å²) in [5.74, 6) is -0.776. The van der Waals surface area contributed by atoms with Crippen LogP contribution in [0.4, 0.5) is 13.2 Å². The third-order valence-corrected chi connectivity index (χ3v) is 1.66. The Kier molecular flexibility index (Phi) is 3.93. The number of halogens is 3. The van der Waals surface area contributed by atoms with Gasteiger partial charge >= 0.3 is 6.18 Å². The molecule has 1 atom stereocenters. The molecule has 0 aromatic heterocycles. The minimum absolute atomic E-state index is 0.628. The zero-order valence-corrected chi connectivity index (χ0v) is 8.40. The molecule has 3 N–H and O–H groups in total. The van der Waals surface area contributed by atoms with Crippen LogP contribution in [0.5, 0.6) is 0 Å². The van der Waals surface area contributed by atoms with Crippen molar-refractivity contribution in [2.24, 2.45) is 11.1 Å². The lowest BCUT2D eigenvalue weighted by atomic mass is 9.86. The van der Waals surface area contributed by atoms with Gasteiger partial charge in [-0.05, 0) is 5.41 Å². The fourth-order valence-electron chi connectivity index (χ4n) is 1.05. The summed E-state index contributed by atoms with van der Waals surface area (Å²) >= 11 is 0. The van der Waals surface area contributed by atoms with E-state index in [9.17, 15) is 18.0 Å². The highest BCUT2D eigenvalue weighted by Gasteiger charge is 2.34. The Morgan fingerprint density at radius 3 is 2.00 bits per heavy atom. The maximum atomic E-state index is 11.9. The maximum absolute atomic E-state index is 11.9. The van der Waals surface area contributed by atoms with E-state index in [0.717, 1.165) is 0 Å². The second-order valence-electron chi connectivity index (χ2n) is 4.20. The number of carbonyl (C=O) groups is 1. The highest BCUT2D eigenvalue weighted by atomic mass is 19.4. The Morgan fingerprint density at radius 2 is 1.79 bits per heavy atom. The summed E-state index contributed by atoms with van der Waals surface area (Å²) in [5, 5.41) is 2.10. The highest BCUT2D eigenvalue weighted by Crippen LogP contribution is 2.20. The smallest absolute Gasteiger partial charge is 0.368 e. The van der Waals surface area contributed by atoms with Crippen LogP contribution in [0.25, 0.3) is 0 Å². The molecule has 14 heavy (non-hydrogen) atoms. The van der Waals surface area contributed by atoms with Gasteiger partial charge in [0, 0.05) is 0 Å². The zero-order chi connectivity index (χ0) is 11.6. The molecule has 84 valence electrons. The summed E-state index contributed by atoms with van der Waals surface area (Å²) in [6, 6.07) is -0.982. The molecule has 3 nitrogen and oxygen atoms in total. The molecule has 0 saturated heterocycles. The van der Waals surface area contributed by atoms with Crippen LogP contribution in [-0.2, 0) is 4.79 Å². The van der Waals surface area contributed by atoms with Gasteiger partial charge in [-0.3, -0.25) is 10.1 Å². The van der Waals surface area contributed by atoms with Crippen LogP contribution in [0.15, 0.2) is 0 Å². The van der Waals surface area contributed by atoms with Crippen LogP contribution in [0.1, 0.15) is 20.8 Å². The molecule has 0 radical (unpaired) electrons. The van der Waals surface area contributed by atoms with Crippen molar-refractivity contribution < 1.29 is 18.0 Å². The summed E-state index contributed by atoms with van der Waals surface area (Å²) < 4.78 is 35.6. The summed E-state index contributed by atoms with van der Waals surface area (Å²) in [6.07, 6.45) is -4.33. The van der Waals surface area contributed by atoms with Crippen molar-refractivity contribution >= 4 is 5.91 Å². The van der Waals surface area contributed by atoms with Gasteiger partial charge in [-0.25, -0.2) is 0 Å². The molecule has 0 aromatic carbocycles. The van der Waals surface area contributed by atoms with Gasteiger partial charge in [0.2, 0.25) is 5.91 Å². The number of amides is 1. The molecule has 0 saturated carbocycles. The lowest BCUT2D eigenvalue weighted by Crippen LogP contribution is -2.52. The van der Waals surface area contributed by atoms with Crippen LogP contribution in [0, 0.1) is 5.41 Å². The second kappa shape index (κ2) is 4.16. The average Bonchev–Trinajstić information content (AvgIpc) is 1.79. The van der Waals surface area contributed by atoms with Gasteiger partial charge in [0.05, 0.1) is 12.6 Å². The monoisotopic (exact) mass is 212 g/mol. The van der Waals surface area contributed by atoms with E-state index in [2.05, 4.69) is 5.32 Å². The number of nitrogens with one attached hydrogen (secondary N) is 1. The molecule has 1 unspecified atom stereocenters. The minimum atomic E-state index is -4.33. The first kappa shape index (κ1) is 13.2. The predicted molar refractivity (Wildman–Crippen MR) is 46.5 cm³/mol. The van der Waals surface area contributed by atoms with Gasteiger partial charge in [-0.1, -0.05) is 20.8 Å². The Morgan fingerprint density at radius 1 is 1.36 bits per heavy atom. The van der Waals surface area contributed by atoms with Crippen LogP contribution in [0.3, 0.4) is 0 Å². The maximum Gasteiger partial charge on any atom is 0.401 e. The lowest BCUT2D eigenvalue weighted by Gasteiger charge is -2.29. The fourth-order valence-corrected chi connectivity index (χ4v) is 1.05. The van der Waals surface area contributed by atoms with Crippen molar-refractivity contribution in [3.63, 3.8) is 0 Å². The number of carbonyl (C=O) groups excluding carboxylic acids is 1. The summed E-state index contributed by atoms with van der Waals surface area (Å²) in [4.78, 5) is 10.9. The zero-order valence-electron chi connectivity index (χ0n) is 8.40. The van der Waals surface area contributed by atoms with Crippen LogP contribution in [0.2, 0.25) is 0 Å². The number of hydrogen-bond acceptors (Lipinski definition) is 2. The van der Waals surface area contributed by atoms with E-state index >= 15 is 0 Å². The summed E-state index contributed by atoms with van der Waals surface area (Å²) in [5.41, 5.74) is 4.36. The minimum Gasteiger partial charge on any atom is -0.368 e. The Balaban J connectivity index is 4.35. The highest BCUT2D eigenvalue weighted by molar-refractivity contribution is 5.80. The van der Waals surface area contributed by atoms with Gasteiger partial charge in [0.25, 0.3) is 0 Å². The first-order valence-corrected chi connectivity index (χ1v) is 4.13. The molecule has 0 aromatic rings. The topological polar surface area (TPSA) is 55.1 Å².